The van der Waals surface area contributed by atoms with E-state index >= 15 is 0 Å². The van der Waals surface area contributed by atoms with Crippen LogP contribution in [0.1, 0.15) is 52.9 Å². The Kier molecular flexibility index (Phi) is 10.9. The number of nitrogens with one attached hydrogen (secondary N) is 1. The Balaban J connectivity index is 3.24. The van der Waals surface area contributed by atoms with E-state index in [1.807, 2.05) is 0 Å². The zero-order valence-electron chi connectivity index (χ0n) is 10.1. The Bertz CT molecular complexity index is 106. The first-order valence-corrected chi connectivity index (χ1v) is 6.16. The molecule has 0 aromatic rings. The topological polar surface area (TPSA) is 21.3 Å². The fourth-order valence-corrected chi connectivity index (χ4v) is 1.37. The van der Waals surface area contributed by atoms with Crippen molar-refractivity contribution in [3.05, 3.63) is 0 Å². The first-order valence-electron chi connectivity index (χ1n) is 6.16. The van der Waals surface area contributed by atoms with Gasteiger partial charge in [0, 0.05) is 19.3 Å². The van der Waals surface area contributed by atoms with E-state index in [9.17, 15) is 0 Å². The number of rotatable bonds is 10. The molecule has 1 atom stereocenters. The molecule has 2 nitrogen and oxygen atoms in total. The predicted molar refractivity (Wildman–Crippen MR) is 62.7 cm³/mol. The standard InChI is InChI=1S/C12H27NO/c1-4-7-10-14-11-8-12(6-3)13-9-5-2/h12-13H,4-11H2,1-3H3. The Morgan fingerprint density at radius 3 is 2.43 bits per heavy atom. The van der Waals surface area contributed by atoms with Crippen LogP contribution < -0.4 is 5.32 Å². The molecular formula is C12H27NO. The molecule has 1 unspecified atom stereocenters. The monoisotopic (exact) mass is 201 g/mol. The summed E-state index contributed by atoms with van der Waals surface area (Å²) in [5.41, 5.74) is 0. The molecule has 0 saturated carbocycles. The van der Waals surface area contributed by atoms with Gasteiger partial charge in [0.25, 0.3) is 0 Å². The second-order valence-corrected chi connectivity index (χ2v) is 3.81. The third-order valence-electron chi connectivity index (χ3n) is 2.43. The molecule has 0 amide bonds. The van der Waals surface area contributed by atoms with E-state index in [1.165, 1.54) is 25.7 Å². The molecule has 86 valence electrons. The van der Waals surface area contributed by atoms with Gasteiger partial charge in [0.1, 0.15) is 0 Å². The molecule has 0 saturated heterocycles. The van der Waals surface area contributed by atoms with Crippen molar-refractivity contribution in [1.82, 2.24) is 5.32 Å². The van der Waals surface area contributed by atoms with Crippen molar-refractivity contribution < 1.29 is 4.74 Å². The molecule has 0 aliphatic rings. The quantitative estimate of drug-likeness (QED) is 0.549. The summed E-state index contributed by atoms with van der Waals surface area (Å²) in [5, 5.41) is 3.53. The molecule has 0 spiro atoms. The number of hydrogen-bond acceptors (Lipinski definition) is 2. The molecule has 0 aromatic heterocycles. The lowest BCUT2D eigenvalue weighted by Crippen LogP contribution is -2.30. The molecule has 1 N–H and O–H groups in total. The van der Waals surface area contributed by atoms with Gasteiger partial charge in [0.05, 0.1) is 0 Å². The van der Waals surface area contributed by atoms with Crippen molar-refractivity contribution in [2.24, 2.45) is 0 Å². The minimum Gasteiger partial charge on any atom is -0.381 e. The van der Waals surface area contributed by atoms with Crippen molar-refractivity contribution >= 4 is 0 Å². The number of unbranched alkanes of at least 4 members (excludes halogenated alkanes) is 1. The van der Waals surface area contributed by atoms with Crippen LogP contribution in [-0.4, -0.2) is 25.8 Å². The van der Waals surface area contributed by atoms with Crippen LogP contribution in [0, 0.1) is 0 Å². The van der Waals surface area contributed by atoms with Crippen LogP contribution in [0.5, 0.6) is 0 Å². The van der Waals surface area contributed by atoms with Gasteiger partial charge in [-0.1, -0.05) is 27.2 Å². The predicted octanol–water partition coefficient (Wildman–Crippen LogP) is 2.97. The van der Waals surface area contributed by atoms with Gasteiger partial charge in [0.15, 0.2) is 0 Å². The van der Waals surface area contributed by atoms with E-state index < -0.39 is 0 Å². The van der Waals surface area contributed by atoms with E-state index in [4.69, 9.17) is 4.74 Å². The van der Waals surface area contributed by atoms with Crippen molar-refractivity contribution in [3.8, 4) is 0 Å². The van der Waals surface area contributed by atoms with Crippen LogP contribution in [-0.2, 0) is 4.74 Å². The van der Waals surface area contributed by atoms with E-state index in [2.05, 4.69) is 26.1 Å². The van der Waals surface area contributed by atoms with Crippen LogP contribution in [0.2, 0.25) is 0 Å². The van der Waals surface area contributed by atoms with Crippen molar-refractivity contribution in [2.75, 3.05) is 19.8 Å². The number of ether oxygens (including phenoxy) is 1. The lowest BCUT2D eigenvalue weighted by Gasteiger charge is -2.16. The van der Waals surface area contributed by atoms with Gasteiger partial charge in [-0.15, -0.1) is 0 Å². The molecule has 0 aromatic carbocycles. The van der Waals surface area contributed by atoms with Gasteiger partial charge < -0.3 is 10.1 Å². The minimum atomic E-state index is 0.650. The third-order valence-corrected chi connectivity index (χ3v) is 2.43. The van der Waals surface area contributed by atoms with E-state index in [0.717, 1.165) is 26.2 Å². The minimum absolute atomic E-state index is 0.650. The molecule has 0 rings (SSSR count). The van der Waals surface area contributed by atoms with Gasteiger partial charge in [-0.25, -0.2) is 0 Å². The fraction of sp³-hybridized carbons (Fsp3) is 1.00. The summed E-state index contributed by atoms with van der Waals surface area (Å²) in [6.07, 6.45) is 6.00. The van der Waals surface area contributed by atoms with E-state index in [0.29, 0.717) is 6.04 Å². The third kappa shape index (κ3) is 8.52. The van der Waals surface area contributed by atoms with Crippen LogP contribution in [0.25, 0.3) is 0 Å². The molecule has 0 radical (unpaired) electrons. The first-order chi connectivity index (χ1) is 6.85. The highest BCUT2D eigenvalue weighted by Crippen LogP contribution is 1.99. The van der Waals surface area contributed by atoms with Gasteiger partial charge >= 0.3 is 0 Å². The highest BCUT2D eigenvalue weighted by molar-refractivity contribution is 4.63. The smallest absolute Gasteiger partial charge is 0.0480 e. The summed E-state index contributed by atoms with van der Waals surface area (Å²) in [6.45, 7) is 9.61. The normalized spacial score (nSPS) is 13.1. The maximum Gasteiger partial charge on any atom is 0.0480 e. The second-order valence-electron chi connectivity index (χ2n) is 3.81. The summed E-state index contributed by atoms with van der Waals surface area (Å²) in [5.74, 6) is 0. The molecule has 2 heteroatoms. The largest absolute Gasteiger partial charge is 0.381 e. The van der Waals surface area contributed by atoms with Crippen LogP contribution in [0.15, 0.2) is 0 Å². The van der Waals surface area contributed by atoms with Gasteiger partial charge in [0.2, 0.25) is 0 Å². The first kappa shape index (κ1) is 13.9. The molecule has 0 fully saturated rings. The Labute approximate surface area is 89.4 Å². The van der Waals surface area contributed by atoms with E-state index in [1.54, 1.807) is 0 Å². The van der Waals surface area contributed by atoms with Crippen molar-refractivity contribution in [2.45, 2.75) is 58.9 Å². The maximum absolute atomic E-state index is 5.55. The second kappa shape index (κ2) is 11.0. The Hall–Kier alpha value is -0.0800. The lowest BCUT2D eigenvalue weighted by atomic mass is 10.1. The van der Waals surface area contributed by atoms with Gasteiger partial charge in [-0.05, 0) is 32.2 Å². The maximum atomic E-state index is 5.55. The molecule has 0 bridgehead atoms. The summed E-state index contributed by atoms with van der Waals surface area (Å²) in [4.78, 5) is 0. The molecule has 0 heterocycles. The van der Waals surface area contributed by atoms with Crippen molar-refractivity contribution in [1.29, 1.82) is 0 Å². The van der Waals surface area contributed by atoms with Crippen LogP contribution in [0.4, 0.5) is 0 Å². The highest BCUT2D eigenvalue weighted by Gasteiger charge is 2.03. The summed E-state index contributed by atoms with van der Waals surface area (Å²) >= 11 is 0. The van der Waals surface area contributed by atoms with Gasteiger partial charge in [-0.2, -0.15) is 0 Å². The summed E-state index contributed by atoms with van der Waals surface area (Å²) in [7, 11) is 0. The van der Waals surface area contributed by atoms with Crippen LogP contribution >= 0.6 is 0 Å². The fourth-order valence-electron chi connectivity index (χ4n) is 1.37. The lowest BCUT2D eigenvalue weighted by molar-refractivity contribution is 0.121. The van der Waals surface area contributed by atoms with Gasteiger partial charge in [-0.3, -0.25) is 0 Å². The Morgan fingerprint density at radius 1 is 1.07 bits per heavy atom. The summed E-state index contributed by atoms with van der Waals surface area (Å²) in [6, 6.07) is 0.650. The summed E-state index contributed by atoms with van der Waals surface area (Å²) < 4.78 is 5.55. The Morgan fingerprint density at radius 2 is 1.86 bits per heavy atom. The zero-order valence-corrected chi connectivity index (χ0v) is 10.1. The van der Waals surface area contributed by atoms with E-state index in [-0.39, 0.29) is 0 Å². The molecule has 14 heavy (non-hydrogen) atoms. The zero-order chi connectivity index (χ0) is 10.6. The highest BCUT2D eigenvalue weighted by atomic mass is 16.5. The van der Waals surface area contributed by atoms with Crippen molar-refractivity contribution in [3.63, 3.8) is 0 Å². The average molecular weight is 201 g/mol. The molecule has 0 aliphatic heterocycles. The average Bonchev–Trinajstić information content (AvgIpc) is 2.22. The molecule has 0 aliphatic carbocycles. The number of hydrogen-bond donors (Lipinski definition) is 1. The molecular weight excluding hydrogens is 174 g/mol. The van der Waals surface area contributed by atoms with Crippen LogP contribution in [0.3, 0.4) is 0 Å². The SMILES string of the molecule is CCCCOCCC(CC)NCCC.